The van der Waals surface area contributed by atoms with Crippen molar-refractivity contribution in [3.8, 4) is 0 Å². The van der Waals surface area contributed by atoms with Crippen LogP contribution in [0, 0.1) is 12.8 Å². The zero-order valence-corrected chi connectivity index (χ0v) is 11.5. The minimum Gasteiger partial charge on any atom is -0.346 e. The number of hydrogen-bond acceptors (Lipinski definition) is 3. The van der Waals surface area contributed by atoms with E-state index in [4.69, 9.17) is 0 Å². The van der Waals surface area contributed by atoms with Crippen molar-refractivity contribution in [2.24, 2.45) is 5.92 Å². The Labute approximate surface area is 117 Å². The normalized spacial score (nSPS) is 28.1. The number of hydrogen-bond donors (Lipinski definition) is 2. The van der Waals surface area contributed by atoms with Crippen LogP contribution in [-0.4, -0.2) is 33.9 Å². The largest absolute Gasteiger partial charge is 0.346 e. The van der Waals surface area contributed by atoms with Crippen molar-refractivity contribution >= 4 is 11.4 Å². The van der Waals surface area contributed by atoms with Gasteiger partial charge in [0.05, 0.1) is 11.7 Å². The highest BCUT2D eigenvalue weighted by Gasteiger charge is 2.40. The van der Waals surface area contributed by atoms with E-state index in [-0.39, 0.29) is 11.9 Å². The summed E-state index contributed by atoms with van der Waals surface area (Å²) in [4.78, 5) is 16.6. The van der Waals surface area contributed by atoms with Gasteiger partial charge < -0.3 is 15.0 Å². The lowest BCUT2D eigenvalue weighted by molar-refractivity contribution is 0.0923. The first kappa shape index (κ1) is 11.9. The first-order valence-electron chi connectivity index (χ1n) is 7.18. The minimum absolute atomic E-state index is 0.0700. The number of carbonyl (C=O) groups is 1. The number of nitrogens with zero attached hydrogens (tertiary/aromatic N) is 2. The highest BCUT2D eigenvalue weighted by molar-refractivity contribution is 5.92. The molecule has 1 aliphatic carbocycles. The van der Waals surface area contributed by atoms with E-state index in [0.717, 1.165) is 30.1 Å². The van der Waals surface area contributed by atoms with Gasteiger partial charge in [-0.15, -0.1) is 0 Å². The Morgan fingerprint density at radius 2 is 2.35 bits per heavy atom. The quantitative estimate of drug-likeness (QED) is 0.860. The van der Waals surface area contributed by atoms with Crippen molar-refractivity contribution in [1.82, 2.24) is 20.0 Å². The summed E-state index contributed by atoms with van der Waals surface area (Å²) < 4.78 is 2.00. The lowest BCUT2D eigenvalue weighted by atomic mass is 10.1. The third kappa shape index (κ3) is 1.81. The van der Waals surface area contributed by atoms with Crippen molar-refractivity contribution in [1.29, 1.82) is 0 Å². The number of nitrogens with one attached hydrogen (secondary N) is 2. The molecule has 3 unspecified atom stereocenters. The van der Waals surface area contributed by atoms with E-state index in [1.165, 1.54) is 6.42 Å². The second-order valence-corrected chi connectivity index (χ2v) is 5.97. The summed E-state index contributed by atoms with van der Waals surface area (Å²) in [6.45, 7) is 3.12. The van der Waals surface area contributed by atoms with Crippen LogP contribution in [0.5, 0.6) is 0 Å². The number of carbonyl (C=O) groups excluding carboxylic acids is 1. The first-order valence-corrected chi connectivity index (χ1v) is 7.18. The predicted molar refractivity (Wildman–Crippen MR) is 75.7 cm³/mol. The van der Waals surface area contributed by atoms with Crippen LogP contribution >= 0.6 is 0 Å². The van der Waals surface area contributed by atoms with Gasteiger partial charge in [0.1, 0.15) is 5.69 Å². The second-order valence-electron chi connectivity index (χ2n) is 5.97. The maximum absolute atomic E-state index is 12.3. The Kier molecular flexibility index (Phi) is 2.57. The van der Waals surface area contributed by atoms with Gasteiger partial charge in [0.15, 0.2) is 0 Å². The van der Waals surface area contributed by atoms with Crippen LogP contribution in [0.15, 0.2) is 24.5 Å². The topological polar surface area (TPSA) is 58.4 Å². The molecule has 1 aliphatic heterocycles. The van der Waals surface area contributed by atoms with Crippen LogP contribution in [0.2, 0.25) is 0 Å². The van der Waals surface area contributed by atoms with Crippen molar-refractivity contribution in [3.05, 3.63) is 35.9 Å². The number of aryl methyl sites for hydroxylation is 1. The van der Waals surface area contributed by atoms with Gasteiger partial charge >= 0.3 is 0 Å². The number of fused-ring (bicyclic) bond motifs is 3. The van der Waals surface area contributed by atoms with Crippen LogP contribution in [-0.2, 0) is 0 Å². The predicted octanol–water partition coefficient (Wildman–Crippen LogP) is 1.12. The van der Waals surface area contributed by atoms with E-state index in [9.17, 15) is 4.79 Å². The lowest BCUT2D eigenvalue weighted by Gasteiger charge is -2.23. The zero-order chi connectivity index (χ0) is 13.7. The third-order valence-corrected chi connectivity index (χ3v) is 4.62. The second kappa shape index (κ2) is 4.31. The highest BCUT2D eigenvalue weighted by Crippen LogP contribution is 2.31. The number of amides is 1. The average Bonchev–Trinajstić information content (AvgIpc) is 3.15. The average molecular weight is 270 g/mol. The number of rotatable bonds is 2. The fraction of sp³-hybridized carbons (Fsp3) is 0.467. The van der Waals surface area contributed by atoms with Crippen LogP contribution in [0.3, 0.4) is 0 Å². The molecule has 5 heteroatoms. The Hall–Kier alpha value is -1.88. The van der Waals surface area contributed by atoms with Crippen molar-refractivity contribution in [2.45, 2.75) is 31.8 Å². The van der Waals surface area contributed by atoms with Crippen LogP contribution in [0.1, 0.15) is 29.0 Å². The van der Waals surface area contributed by atoms with Gasteiger partial charge in [-0.2, -0.15) is 0 Å². The molecule has 1 amide bonds. The van der Waals surface area contributed by atoms with Gasteiger partial charge in [-0.25, -0.2) is 4.98 Å². The standard InChI is InChI=1S/C15H18N4O/c1-9-2-3-11-7-17-14(8-19(9)11)15(20)18-13-5-10-4-12(13)16-6-10/h2-3,7-8,10,12-13,16H,4-6H2,1H3,(H,18,20). The Bertz CT molecular complexity index is 678. The van der Waals surface area contributed by atoms with Crippen molar-refractivity contribution in [3.63, 3.8) is 0 Å². The fourth-order valence-electron chi connectivity index (χ4n) is 3.52. The molecule has 3 heterocycles. The highest BCUT2D eigenvalue weighted by atomic mass is 16.2. The molecular formula is C15H18N4O. The zero-order valence-electron chi connectivity index (χ0n) is 11.5. The smallest absolute Gasteiger partial charge is 0.271 e. The molecule has 2 bridgehead atoms. The number of piperidine rings is 1. The minimum atomic E-state index is -0.0700. The molecule has 2 aliphatic rings. The van der Waals surface area contributed by atoms with Crippen molar-refractivity contribution in [2.75, 3.05) is 6.54 Å². The summed E-state index contributed by atoms with van der Waals surface area (Å²) >= 11 is 0. The maximum Gasteiger partial charge on any atom is 0.271 e. The van der Waals surface area contributed by atoms with E-state index in [0.29, 0.717) is 11.7 Å². The molecule has 20 heavy (non-hydrogen) atoms. The van der Waals surface area contributed by atoms with Gasteiger partial charge in [-0.05, 0) is 44.4 Å². The van der Waals surface area contributed by atoms with E-state index in [1.54, 1.807) is 6.20 Å². The summed E-state index contributed by atoms with van der Waals surface area (Å²) in [5.41, 5.74) is 2.61. The molecule has 1 saturated heterocycles. The van der Waals surface area contributed by atoms with Crippen LogP contribution in [0.4, 0.5) is 0 Å². The summed E-state index contributed by atoms with van der Waals surface area (Å²) in [6, 6.07) is 4.73. The molecule has 2 fully saturated rings. The maximum atomic E-state index is 12.3. The Balaban J connectivity index is 1.56. The first-order chi connectivity index (χ1) is 9.70. The van der Waals surface area contributed by atoms with Gasteiger partial charge in [0.2, 0.25) is 0 Å². The molecule has 2 aromatic rings. The van der Waals surface area contributed by atoms with E-state index >= 15 is 0 Å². The van der Waals surface area contributed by atoms with E-state index < -0.39 is 0 Å². The molecule has 104 valence electrons. The molecule has 2 N–H and O–H groups in total. The van der Waals surface area contributed by atoms with E-state index in [1.807, 2.05) is 29.7 Å². The Morgan fingerprint density at radius 3 is 3.10 bits per heavy atom. The summed E-state index contributed by atoms with van der Waals surface area (Å²) in [5, 5.41) is 6.58. The molecular weight excluding hydrogens is 252 g/mol. The van der Waals surface area contributed by atoms with Gasteiger partial charge in [0.25, 0.3) is 5.91 Å². The number of aromatic nitrogens is 2. The monoisotopic (exact) mass is 270 g/mol. The third-order valence-electron chi connectivity index (χ3n) is 4.62. The summed E-state index contributed by atoms with van der Waals surface area (Å²) in [5.74, 6) is 0.659. The van der Waals surface area contributed by atoms with Crippen LogP contribution in [0.25, 0.3) is 5.52 Å². The van der Waals surface area contributed by atoms with Gasteiger partial charge in [-0.1, -0.05) is 0 Å². The summed E-state index contributed by atoms with van der Waals surface area (Å²) in [6.07, 6.45) is 5.85. The van der Waals surface area contributed by atoms with E-state index in [2.05, 4.69) is 15.6 Å². The van der Waals surface area contributed by atoms with Crippen molar-refractivity contribution < 1.29 is 4.79 Å². The van der Waals surface area contributed by atoms with Gasteiger partial charge in [0, 0.05) is 24.0 Å². The fourth-order valence-corrected chi connectivity index (χ4v) is 3.52. The Morgan fingerprint density at radius 1 is 1.45 bits per heavy atom. The molecule has 0 spiro atoms. The molecule has 0 radical (unpaired) electrons. The SMILES string of the molecule is Cc1ccc2cnc(C(=O)NC3CC4CNC3C4)cn12. The molecule has 3 atom stereocenters. The van der Waals surface area contributed by atoms with Gasteiger partial charge in [-0.3, -0.25) is 4.79 Å². The van der Waals surface area contributed by atoms with Crippen LogP contribution < -0.4 is 10.6 Å². The molecule has 1 saturated carbocycles. The molecule has 5 nitrogen and oxygen atoms in total. The molecule has 4 rings (SSSR count). The molecule has 2 aromatic heterocycles. The molecule has 0 aromatic carbocycles. The summed E-state index contributed by atoms with van der Waals surface area (Å²) in [7, 11) is 0. The lowest BCUT2D eigenvalue weighted by Crippen LogP contribution is -2.48.